The van der Waals surface area contributed by atoms with Crippen molar-refractivity contribution in [2.75, 3.05) is 6.61 Å². The standard InChI is InChI=1S/C30H30N4O4/c1-17(2)26-32-18(3)15-23(33-26)37-14-13-30-12-11-29(4,38-30)24-25(30)28(36)34(27(24)35)22-10-9-19(16-31)20-7-5-6-8-21(20)22/h5-10,15,17,35-36H,11-14H2,1-4H3/t29-,30-/m1/s1. The number of aryl methyl sites for hydroxylation is 1. The maximum Gasteiger partial charge on any atom is 0.216 e. The molecule has 2 atom stereocenters. The predicted molar refractivity (Wildman–Crippen MR) is 142 cm³/mol. The zero-order valence-electron chi connectivity index (χ0n) is 21.9. The molecule has 4 heterocycles. The minimum absolute atomic E-state index is 0.0367. The van der Waals surface area contributed by atoms with E-state index < -0.39 is 11.2 Å². The number of hydrogen-bond acceptors (Lipinski definition) is 7. The lowest BCUT2D eigenvalue weighted by Gasteiger charge is -2.26. The van der Waals surface area contributed by atoms with Crippen molar-refractivity contribution in [1.82, 2.24) is 14.5 Å². The molecule has 2 aromatic carbocycles. The fourth-order valence-electron chi connectivity index (χ4n) is 6.13. The van der Waals surface area contributed by atoms with E-state index in [2.05, 4.69) is 16.0 Å². The van der Waals surface area contributed by atoms with Crippen LogP contribution >= 0.6 is 0 Å². The van der Waals surface area contributed by atoms with Crippen molar-refractivity contribution >= 4 is 10.8 Å². The van der Waals surface area contributed by atoms with E-state index in [0.29, 0.717) is 47.7 Å². The molecule has 1 saturated heterocycles. The van der Waals surface area contributed by atoms with Gasteiger partial charge >= 0.3 is 0 Å². The van der Waals surface area contributed by atoms with Crippen molar-refractivity contribution in [2.24, 2.45) is 0 Å². The third-order valence-electron chi connectivity index (χ3n) is 7.91. The van der Waals surface area contributed by atoms with E-state index >= 15 is 0 Å². The summed E-state index contributed by atoms with van der Waals surface area (Å²) >= 11 is 0. The normalized spacial score (nSPS) is 21.7. The van der Waals surface area contributed by atoms with Gasteiger partial charge in [-0.1, -0.05) is 38.1 Å². The monoisotopic (exact) mass is 510 g/mol. The summed E-state index contributed by atoms with van der Waals surface area (Å²) in [4.78, 5) is 9.02. The first-order chi connectivity index (χ1) is 18.2. The molecule has 0 aliphatic carbocycles. The van der Waals surface area contributed by atoms with Crippen molar-refractivity contribution in [3.8, 4) is 29.4 Å². The molecule has 38 heavy (non-hydrogen) atoms. The molecule has 1 fully saturated rings. The molecule has 8 heteroatoms. The summed E-state index contributed by atoms with van der Waals surface area (Å²) in [6, 6.07) is 15.0. The summed E-state index contributed by atoms with van der Waals surface area (Å²) < 4.78 is 14.1. The highest BCUT2D eigenvalue weighted by molar-refractivity contribution is 5.95. The Labute approximate surface area is 221 Å². The SMILES string of the molecule is Cc1cc(OCC[C@@]23CC[C@@](C)(O2)c2c3c(O)n(-c3ccc(C#N)c4ccccc34)c2O)nc(C(C)C)n1. The quantitative estimate of drug-likeness (QED) is 0.335. The molecule has 0 radical (unpaired) electrons. The Bertz CT molecular complexity index is 1640. The van der Waals surface area contributed by atoms with Crippen molar-refractivity contribution in [2.45, 2.75) is 64.1 Å². The van der Waals surface area contributed by atoms with E-state index in [1.807, 2.05) is 58.0 Å². The van der Waals surface area contributed by atoms with Crippen molar-refractivity contribution < 1.29 is 19.7 Å². The van der Waals surface area contributed by atoms with Crippen LogP contribution in [0.25, 0.3) is 16.5 Å². The average Bonchev–Trinajstić information content (AvgIpc) is 3.47. The summed E-state index contributed by atoms with van der Waals surface area (Å²) in [6.07, 6.45) is 1.90. The molecule has 0 unspecified atom stereocenters. The number of nitriles is 1. The number of aromatic hydroxyl groups is 2. The van der Waals surface area contributed by atoms with Crippen LogP contribution in [-0.4, -0.2) is 31.4 Å². The van der Waals surface area contributed by atoms with E-state index in [-0.39, 0.29) is 17.7 Å². The van der Waals surface area contributed by atoms with Crippen LogP contribution in [0.4, 0.5) is 0 Å². The van der Waals surface area contributed by atoms with Crippen LogP contribution in [0.3, 0.4) is 0 Å². The fourth-order valence-corrected chi connectivity index (χ4v) is 6.13. The van der Waals surface area contributed by atoms with Crippen molar-refractivity contribution in [3.05, 3.63) is 70.7 Å². The van der Waals surface area contributed by atoms with E-state index in [0.717, 1.165) is 28.7 Å². The second-order valence-corrected chi connectivity index (χ2v) is 10.8. The Morgan fingerprint density at radius 2 is 1.82 bits per heavy atom. The maximum absolute atomic E-state index is 11.6. The van der Waals surface area contributed by atoms with Crippen LogP contribution in [0, 0.1) is 18.3 Å². The molecule has 194 valence electrons. The summed E-state index contributed by atoms with van der Waals surface area (Å²) in [5.74, 6) is 1.36. The van der Waals surface area contributed by atoms with E-state index in [9.17, 15) is 15.5 Å². The molecule has 0 saturated carbocycles. The zero-order chi connectivity index (χ0) is 26.8. The Kier molecular flexibility index (Phi) is 5.41. The largest absolute Gasteiger partial charge is 0.494 e. The van der Waals surface area contributed by atoms with Gasteiger partial charge in [-0.2, -0.15) is 10.2 Å². The maximum atomic E-state index is 11.6. The minimum atomic E-state index is -0.789. The molecular formula is C30H30N4O4. The second kappa shape index (κ2) is 8.47. The topological polar surface area (TPSA) is 113 Å². The first-order valence-electron chi connectivity index (χ1n) is 13.0. The van der Waals surface area contributed by atoms with Gasteiger partial charge in [-0.05, 0) is 38.8 Å². The highest BCUT2D eigenvalue weighted by atomic mass is 16.5. The van der Waals surface area contributed by atoms with Crippen LogP contribution in [0.1, 0.15) is 74.2 Å². The lowest BCUT2D eigenvalue weighted by molar-refractivity contribution is -0.0877. The number of rotatable bonds is 6. The number of fused-ring (bicyclic) bond motifs is 6. The third kappa shape index (κ3) is 3.46. The van der Waals surface area contributed by atoms with Gasteiger partial charge in [-0.25, -0.2) is 4.98 Å². The minimum Gasteiger partial charge on any atom is -0.494 e. The molecule has 2 bridgehead atoms. The molecule has 8 nitrogen and oxygen atoms in total. The van der Waals surface area contributed by atoms with Gasteiger partial charge in [0.25, 0.3) is 0 Å². The van der Waals surface area contributed by atoms with Gasteiger partial charge < -0.3 is 19.7 Å². The van der Waals surface area contributed by atoms with E-state index in [1.165, 1.54) is 4.57 Å². The molecule has 2 aromatic heterocycles. The first kappa shape index (κ1) is 24.3. The first-order valence-corrected chi connectivity index (χ1v) is 13.0. The summed E-state index contributed by atoms with van der Waals surface area (Å²) in [5.41, 5.74) is 1.71. The Morgan fingerprint density at radius 3 is 2.55 bits per heavy atom. The summed E-state index contributed by atoms with van der Waals surface area (Å²) in [6.45, 7) is 8.30. The molecular weight excluding hydrogens is 480 g/mol. The highest BCUT2D eigenvalue weighted by Gasteiger charge is 2.61. The lowest BCUT2D eigenvalue weighted by atomic mass is 9.78. The average molecular weight is 511 g/mol. The van der Waals surface area contributed by atoms with Crippen LogP contribution in [0.15, 0.2) is 42.5 Å². The highest BCUT2D eigenvalue weighted by Crippen LogP contribution is 2.65. The van der Waals surface area contributed by atoms with Gasteiger partial charge in [0.2, 0.25) is 17.6 Å². The molecule has 0 amide bonds. The van der Waals surface area contributed by atoms with E-state index in [1.54, 1.807) is 12.1 Å². The molecule has 6 rings (SSSR count). The van der Waals surface area contributed by atoms with Crippen LogP contribution in [-0.2, 0) is 15.9 Å². The van der Waals surface area contributed by atoms with Gasteiger partial charge in [0.05, 0.1) is 40.7 Å². The summed E-state index contributed by atoms with van der Waals surface area (Å²) in [5, 5.41) is 34.2. The molecule has 2 N–H and O–H groups in total. The summed E-state index contributed by atoms with van der Waals surface area (Å²) in [7, 11) is 0. The van der Waals surface area contributed by atoms with E-state index in [4.69, 9.17) is 9.47 Å². The lowest BCUT2D eigenvalue weighted by Crippen LogP contribution is -2.25. The molecule has 2 aliphatic rings. The Hall–Kier alpha value is -4.09. The van der Waals surface area contributed by atoms with Crippen LogP contribution in [0.2, 0.25) is 0 Å². The van der Waals surface area contributed by atoms with Gasteiger partial charge in [-0.3, -0.25) is 4.57 Å². The van der Waals surface area contributed by atoms with Gasteiger partial charge in [0.15, 0.2) is 0 Å². The van der Waals surface area contributed by atoms with Crippen molar-refractivity contribution in [3.63, 3.8) is 0 Å². The molecule has 4 aromatic rings. The number of ether oxygens (including phenoxy) is 2. The predicted octanol–water partition coefficient (Wildman–Crippen LogP) is 5.84. The fraction of sp³-hybridized carbons (Fsp3) is 0.367. The van der Waals surface area contributed by atoms with Gasteiger partial charge in [0.1, 0.15) is 11.4 Å². The van der Waals surface area contributed by atoms with Crippen LogP contribution < -0.4 is 4.74 Å². The number of nitrogens with zero attached hydrogens (tertiary/aromatic N) is 4. The van der Waals surface area contributed by atoms with Crippen LogP contribution in [0.5, 0.6) is 17.6 Å². The zero-order valence-corrected chi connectivity index (χ0v) is 21.9. The molecule has 0 spiro atoms. The van der Waals surface area contributed by atoms with Gasteiger partial charge in [-0.15, -0.1) is 0 Å². The van der Waals surface area contributed by atoms with Crippen molar-refractivity contribution in [1.29, 1.82) is 5.26 Å². The Morgan fingerprint density at radius 1 is 1.08 bits per heavy atom. The number of hydrogen-bond donors (Lipinski definition) is 2. The number of aromatic nitrogens is 3. The second-order valence-electron chi connectivity index (χ2n) is 10.8. The van der Waals surface area contributed by atoms with Gasteiger partial charge in [0, 0.05) is 34.9 Å². The number of benzene rings is 2. The third-order valence-corrected chi connectivity index (χ3v) is 7.91. The smallest absolute Gasteiger partial charge is 0.216 e. The molecule has 2 aliphatic heterocycles. The Balaban J connectivity index is 1.39.